The summed E-state index contributed by atoms with van der Waals surface area (Å²) in [6, 6.07) is 0. The van der Waals surface area contributed by atoms with E-state index in [4.69, 9.17) is 0 Å². The highest BCUT2D eigenvalue weighted by Gasteiger charge is 2.92. The van der Waals surface area contributed by atoms with Gasteiger partial charge in [0.2, 0.25) is 0 Å². The molecule has 0 saturated heterocycles. The Labute approximate surface area is 132 Å². The predicted octanol–water partition coefficient (Wildman–Crippen LogP) is 3.77. The molecular weight excluding hydrogens is 264 g/mol. The Hall–Kier alpha value is 0. The quantitative estimate of drug-likeness (QED) is 0.596. The minimum absolute atomic E-state index is 1.27. The lowest BCUT2D eigenvalue weighted by molar-refractivity contribution is -0.495. The van der Waals surface area contributed by atoms with Gasteiger partial charge in [0, 0.05) is 0 Å². The van der Waals surface area contributed by atoms with Crippen LogP contribution < -0.4 is 0 Å². The van der Waals surface area contributed by atoms with E-state index in [-0.39, 0.29) is 0 Å². The Morgan fingerprint density at radius 2 is 0.409 bits per heavy atom. The third kappa shape index (κ3) is 0.597. The van der Waals surface area contributed by atoms with E-state index in [0.717, 1.165) is 0 Å². The Morgan fingerprint density at radius 3 is 0.591 bits per heavy atom. The van der Waals surface area contributed by atoms with Gasteiger partial charge in [0.1, 0.15) is 0 Å². The average Bonchev–Trinajstić information content (AvgIpc) is 2.43. The third-order valence-electron chi connectivity index (χ3n) is 13.2. The maximum Gasteiger partial charge on any atom is -0.0312 e. The van der Waals surface area contributed by atoms with Crippen LogP contribution in [-0.4, -0.2) is 0 Å². The van der Waals surface area contributed by atoms with Gasteiger partial charge < -0.3 is 0 Å². The van der Waals surface area contributed by atoms with Crippen molar-refractivity contribution in [2.45, 2.75) is 25.7 Å². The Balaban J connectivity index is 1.01. The predicted molar refractivity (Wildman–Crippen MR) is 81.3 cm³/mol. The summed E-state index contributed by atoms with van der Waals surface area (Å²) < 4.78 is 0. The Morgan fingerprint density at radius 1 is 0.227 bits per heavy atom. The molecular formula is C22H26. The molecule has 10 fully saturated rings. The van der Waals surface area contributed by atoms with Crippen LogP contribution in [0, 0.1) is 107 Å². The topological polar surface area (TPSA) is 0 Å². The number of hydrogen-bond donors (Lipinski definition) is 0. The molecule has 10 saturated carbocycles. The van der Waals surface area contributed by atoms with E-state index in [2.05, 4.69) is 0 Å². The summed E-state index contributed by atoms with van der Waals surface area (Å²) >= 11 is 0. The Bertz CT molecular complexity index is 566. The molecule has 0 heterocycles. The lowest BCUT2D eigenvalue weighted by atomic mass is 9.08. The monoisotopic (exact) mass is 290 g/mol. The maximum atomic E-state index is 1.64. The molecule has 10 aliphatic rings. The van der Waals surface area contributed by atoms with Gasteiger partial charge in [0.05, 0.1) is 0 Å². The standard InChI is InChI=1S/C22H26/c1-2-6-5(1)9-10(6)14-13(9)17-18(14)22-20-16-12-8-4-3-7(8)11(12)15(16)19(20)21(17)22/h5-22H,1-4H2/t5-,6+,7+,8-,9-,10+,11+,12-,13-,14+,15+,16-,17-,18+,19+,20-,21?,22?. The molecule has 0 radical (unpaired) electrons. The minimum Gasteiger partial charge on any atom is -0.0496 e. The largest absolute Gasteiger partial charge is 0.0496 e. The fourth-order valence-electron chi connectivity index (χ4n) is 12.9. The molecule has 0 aromatic heterocycles. The van der Waals surface area contributed by atoms with Crippen LogP contribution in [0.4, 0.5) is 0 Å². The summed E-state index contributed by atoms with van der Waals surface area (Å²) in [6.07, 6.45) is 6.57. The van der Waals surface area contributed by atoms with E-state index in [9.17, 15) is 0 Å². The SMILES string of the molecule is C1C[C@H]2[C@@H]1[C@@H]1[C@H]2[C@@H]2[C@@H]3C4C([C@@H]5[C@H]4[C@@H]4[C@@H]6[C@@H]7CC[C@@H]7[C@@H]6[C@H]54)[C@@H]3[C@H]12. The first kappa shape index (κ1) is 10.1. The average molecular weight is 290 g/mol. The molecule has 0 aromatic carbocycles. The van der Waals surface area contributed by atoms with Crippen molar-refractivity contribution in [3.05, 3.63) is 0 Å². The Kier molecular flexibility index (Phi) is 1.15. The molecule has 0 spiro atoms. The zero-order chi connectivity index (χ0) is 13.2. The van der Waals surface area contributed by atoms with E-state index in [1.165, 1.54) is 107 Å². The molecule has 0 aliphatic heterocycles. The number of rotatable bonds is 0. The van der Waals surface area contributed by atoms with E-state index in [0.29, 0.717) is 0 Å². The van der Waals surface area contributed by atoms with Crippen molar-refractivity contribution in [2.24, 2.45) is 107 Å². The van der Waals surface area contributed by atoms with Crippen molar-refractivity contribution in [3.8, 4) is 0 Å². The molecule has 0 heteroatoms. The molecule has 2 unspecified atom stereocenters. The first-order valence-electron chi connectivity index (χ1n) is 11.0. The molecule has 114 valence electrons. The highest BCUT2D eigenvalue weighted by Crippen LogP contribution is 2.95. The second-order valence-electron chi connectivity index (χ2n) is 11.9. The summed E-state index contributed by atoms with van der Waals surface area (Å²) in [5.41, 5.74) is 0. The van der Waals surface area contributed by atoms with Crippen LogP contribution in [0.5, 0.6) is 0 Å². The molecule has 0 N–H and O–H groups in total. The summed E-state index contributed by atoms with van der Waals surface area (Å²) in [6.45, 7) is 0. The van der Waals surface area contributed by atoms with Gasteiger partial charge in [0.25, 0.3) is 0 Å². The van der Waals surface area contributed by atoms with E-state index in [1.54, 1.807) is 25.7 Å². The van der Waals surface area contributed by atoms with Gasteiger partial charge in [0.15, 0.2) is 0 Å². The van der Waals surface area contributed by atoms with Crippen molar-refractivity contribution in [1.82, 2.24) is 0 Å². The second kappa shape index (κ2) is 2.50. The third-order valence-corrected chi connectivity index (χ3v) is 13.2. The van der Waals surface area contributed by atoms with Gasteiger partial charge >= 0.3 is 0 Å². The van der Waals surface area contributed by atoms with Crippen LogP contribution in [-0.2, 0) is 0 Å². The van der Waals surface area contributed by atoms with Crippen molar-refractivity contribution in [3.63, 3.8) is 0 Å². The molecule has 22 heavy (non-hydrogen) atoms. The molecule has 10 aliphatic carbocycles. The van der Waals surface area contributed by atoms with Gasteiger partial charge in [-0.2, -0.15) is 0 Å². The smallest absolute Gasteiger partial charge is 0.0312 e. The fraction of sp³-hybridized carbons (Fsp3) is 1.00. The van der Waals surface area contributed by atoms with Crippen LogP contribution in [0.3, 0.4) is 0 Å². The van der Waals surface area contributed by atoms with Gasteiger partial charge in [-0.1, -0.05) is 0 Å². The zero-order valence-electron chi connectivity index (χ0n) is 13.2. The molecule has 0 nitrogen and oxygen atoms in total. The highest BCUT2D eigenvalue weighted by molar-refractivity contribution is 5.38. The molecule has 0 aromatic rings. The second-order valence-corrected chi connectivity index (χ2v) is 11.9. The summed E-state index contributed by atoms with van der Waals surface area (Å²) in [5, 5.41) is 0. The number of hydrogen-bond acceptors (Lipinski definition) is 0. The maximum absolute atomic E-state index is 1.64. The van der Waals surface area contributed by atoms with Gasteiger partial charge in [-0.3, -0.25) is 0 Å². The first-order chi connectivity index (χ1) is 11.0. The fourth-order valence-corrected chi connectivity index (χ4v) is 12.9. The van der Waals surface area contributed by atoms with Gasteiger partial charge in [-0.15, -0.1) is 0 Å². The summed E-state index contributed by atoms with van der Waals surface area (Å²) in [5.74, 6) is 23.4. The zero-order valence-corrected chi connectivity index (χ0v) is 13.2. The van der Waals surface area contributed by atoms with Crippen molar-refractivity contribution in [2.75, 3.05) is 0 Å². The highest BCUT2D eigenvalue weighted by atomic mass is 15.0. The van der Waals surface area contributed by atoms with Crippen molar-refractivity contribution >= 4 is 0 Å². The van der Waals surface area contributed by atoms with E-state index < -0.39 is 0 Å². The lowest BCUT2D eigenvalue weighted by Gasteiger charge is -2.96. The van der Waals surface area contributed by atoms with Crippen LogP contribution >= 0.6 is 0 Å². The van der Waals surface area contributed by atoms with E-state index in [1.807, 2.05) is 0 Å². The van der Waals surface area contributed by atoms with Crippen molar-refractivity contribution < 1.29 is 0 Å². The summed E-state index contributed by atoms with van der Waals surface area (Å²) in [7, 11) is 0. The van der Waals surface area contributed by atoms with Crippen molar-refractivity contribution in [1.29, 1.82) is 0 Å². The van der Waals surface area contributed by atoms with Crippen LogP contribution in [0.2, 0.25) is 0 Å². The summed E-state index contributed by atoms with van der Waals surface area (Å²) in [4.78, 5) is 0. The number of fused-ring (bicyclic) bond motifs is 25. The van der Waals surface area contributed by atoms with Crippen LogP contribution in [0.15, 0.2) is 0 Å². The van der Waals surface area contributed by atoms with Crippen LogP contribution in [0.1, 0.15) is 25.7 Å². The van der Waals surface area contributed by atoms with Crippen LogP contribution in [0.25, 0.3) is 0 Å². The lowest BCUT2D eigenvalue weighted by Crippen LogP contribution is -2.93. The molecule has 10 rings (SSSR count). The molecule has 18 atom stereocenters. The first-order valence-corrected chi connectivity index (χ1v) is 11.0. The van der Waals surface area contributed by atoms with E-state index >= 15 is 0 Å². The van der Waals surface area contributed by atoms with Gasteiger partial charge in [-0.25, -0.2) is 0 Å². The minimum atomic E-state index is 1.27. The normalized spacial score (nSPS) is 92.7. The molecule has 0 bridgehead atoms. The van der Waals surface area contributed by atoms with Gasteiger partial charge in [-0.05, 0) is 132 Å². The molecule has 0 amide bonds.